The van der Waals surface area contributed by atoms with Gasteiger partial charge in [-0.25, -0.2) is 0 Å². The molecule has 0 aromatic heterocycles. The van der Waals surface area contributed by atoms with Gasteiger partial charge in [-0.15, -0.1) is 0 Å². The second-order valence-corrected chi connectivity index (χ2v) is 19.1. The summed E-state index contributed by atoms with van der Waals surface area (Å²) in [6, 6.07) is 44.6. The molecular weight excluding hydrogens is 623 g/mol. The third-order valence-corrected chi connectivity index (χ3v) is 16.2. The Morgan fingerprint density at radius 3 is 2.10 bits per heavy atom. The number of benzene rings is 5. The van der Waals surface area contributed by atoms with Crippen LogP contribution in [0.2, 0.25) is 0 Å². The molecule has 1 heterocycles. The van der Waals surface area contributed by atoms with Crippen LogP contribution >= 0.6 is 11.8 Å². The van der Waals surface area contributed by atoms with Gasteiger partial charge in [0.25, 0.3) is 0 Å². The molecule has 0 saturated heterocycles. The maximum atomic E-state index is 2.61. The molecule has 250 valence electrons. The summed E-state index contributed by atoms with van der Waals surface area (Å²) in [6.45, 7) is 9.79. The van der Waals surface area contributed by atoms with E-state index >= 15 is 0 Å². The lowest BCUT2D eigenvalue weighted by molar-refractivity contribution is -0.234. The van der Waals surface area contributed by atoms with Crippen LogP contribution in [0, 0.1) is 29.1 Å². The predicted molar refractivity (Wildman–Crippen MR) is 208 cm³/mol. The molecule has 5 aromatic carbocycles. The summed E-state index contributed by atoms with van der Waals surface area (Å²) in [5.74, 6) is 3.37. The van der Waals surface area contributed by atoms with Crippen LogP contribution in [0.4, 0.5) is 17.1 Å². The lowest BCUT2D eigenvalue weighted by Crippen LogP contribution is -2.74. The van der Waals surface area contributed by atoms with Crippen molar-refractivity contribution in [3.63, 3.8) is 0 Å². The van der Waals surface area contributed by atoms with E-state index in [0.717, 1.165) is 23.7 Å². The molecule has 4 fully saturated rings. The minimum absolute atomic E-state index is 0.0776. The van der Waals surface area contributed by atoms with Gasteiger partial charge in [-0.2, -0.15) is 0 Å². The fourth-order valence-electron chi connectivity index (χ4n) is 12.9. The molecule has 4 saturated carbocycles. The summed E-state index contributed by atoms with van der Waals surface area (Å²) >= 11 is 2.05. The van der Waals surface area contributed by atoms with E-state index in [1.165, 1.54) is 87.6 Å². The molecular formula is C48H47NS. The summed E-state index contributed by atoms with van der Waals surface area (Å²) in [5, 5.41) is 0. The first-order valence-electron chi connectivity index (χ1n) is 19.2. The van der Waals surface area contributed by atoms with Crippen LogP contribution in [0.1, 0.15) is 88.5 Å². The first-order valence-corrected chi connectivity index (χ1v) is 20.1. The minimum Gasteiger partial charge on any atom is -0.309 e. The minimum atomic E-state index is 0.0776. The Kier molecular flexibility index (Phi) is 5.97. The fraction of sp³-hybridized carbons (Fsp3) is 0.375. The van der Waals surface area contributed by atoms with E-state index in [1.54, 1.807) is 11.1 Å². The quantitative estimate of drug-likeness (QED) is 0.187. The molecule has 0 N–H and O–H groups in total. The molecule has 0 amide bonds. The second kappa shape index (κ2) is 9.97. The molecule has 50 heavy (non-hydrogen) atoms. The molecule has 2 bridgehead atoms. The van der Waals surface area contributed by atoms with Crippen molar-refractivity contribution in [2.24, 2.45) is 29.1 Å². The third-order valence-electron chi connectivity index (χ3n) is 15.0. The lowest BCUT2D eigenvalue weighted by atomic mass is 9.26. The number of rotatable bonds is 4. The van der Waals surface area contributed by atoms with Crippen LogP contribution < -0.4 is 4.90 Å². The van der Waals surface area contributed by atoms with E-state index in [1.807, 2.05) is 11.8 Å². The van der Waals surface area contributed by atoms with Gasteiger partial charge in [-0.3, -0.25) is 0 Å². The number of anilines is 3. The van der Waals surface area contributed by atoms with Crippen LogP contribution in [0.3, 0.4) is 0 Å². The summed E-state index contributed by atoms with van der Waals surface area (Å²) in [5.41, 5.74) is 13.9. The second-order valence-electron chi connectivity index (χ2n) is 18.0. The lowest BCUT2D eigenvalue weighted by Gasteiger charge is -2.78. The van der Waals surface area contributed by atoms with E-state index in [2.05, 4.69) is 148 Å². The first-order chi connectivity index (χ1) is 24.2. The number of nitrogens with zero attached hydrogens (tertiary/aromatic N) is 1. The molecule has 1 aliphatic heterocycles. The number of hydrogen-bond acceptors (Lipinski definition) is 2. The van der Waals surface area contributed by atoms with E-state index in [9.17, 15) is 0 Å². The predicted octanol–water partition coefficient (Wildman–Crippen LogP) is 13.0. The molecule has 11 rings (SSSR count). The Hall–Kier alpha value is -3.75. The zero-order chi connectivity index (χ0) is 33.6. The molecule has 6 aliphatic rings. The Bertz CT molecular complexity index is 2200. The maximum absolute atomic E-state index is 2.61. The van der Waals surface area contributed by atoms with E-state index < -0.39 is 0 Å². The average molecular weight is 670 g/mol. The Balaban J connectivity index is 1.20. The van der Waals surface area contributed by atoms with Crippen LogP contribution in [0.15, 0.2) is 125 Å². The molecule has 5 aliphatic carbocycles. The molecule has 6 atom stereocenters. The number of fused-ring (bicyclic) bond motifs is 8. The van der Waals surface area contributed by atoms with Crippen LogP contribution in [-0.4, -0.2) is 0 Å². The normalized spacial score (nSPS) is 31.1. The highest BCUT2D eigenvalue weighted by Gasteiger charge is 2.84. The van der Waals surface area contributed by atoms with Gasteiger partial charge in [0, 0.05) is 26.6 Å². The zero-order valence-electron chi connectivity index (χ0n) is 29.9. The van der Waals surface area contributed by atoms with Gasteiger partial charge in [0.05, 0.1) is 5.69 Å². The van der Waals surface area contributed by atoms with Crippen molar-refractivity contribution in [2.75, 3.05) is 4.90 Å². The van der Waals surface area contributed by atoms with Crippen molar-refractivity contribution in [1.29, 1.82) is 0 Å². The zero-order valence-corrected chi connectivity index (χ0v) is 30.7. The first kappa shape index (κ1) is 29.9. The van der Waals surface area contributed by atoms with Gasteiger partial charge < -0.3 is 4.90 Å². The SMILES string of the molecule is CC1(C)CCC(C)(C)c2cc(N(c3ccccc3)c3ccc(-c4ccccc4)c4c3Sc3ccccc3C43C4CC5CC6CC3C64C5)ccc21. The van der Waals surface area contributed by atoms with E-state index in [-0.39, 0.29) is 16.2 Å². The highest BCUT2D eigenvalue weighted by Crippen LogP contribution is 2.89. The number of para-hydroxylation sites is 1. The largest absolute Gasteiger partial charge is 0.309 e. The molecule has 2 heteroatoms. The van der Waals surface area contributed by atoms with Crippen molar-refractivity contribution >= 4 is 28.8 Å². The molecule has 0 radical (unpaired) electrons. The highest BCUT2D eigenvalue weighted by atomic mass is 32.2. The van der Waals surface area contributed by atoms with Gasteiger partial charge in [0.2, 0.25) is 0 Å². The standard InChI is InChI=1S/C48H47NS/c1-45(2)23-24-46(3,4)38-28-34(19-21-36(38)45)49(33-15-9-6-10-16-33)39-22-20-35(31-13-7-5-8-14-31)43-44(39)50-40-18-12-11-17-37(40)48(43)41-26-30-25-32-27-42(48)47(32,41)29-30/h5-22,28,30,32,41-42H,23-27,29H2,1-4H3. The van der Waals surface area contributed by atoms with E-state index in [4.69, 9.17) is 0 Å². The monoisotopic (exact) mass is 669 g/mol. The van der Waals surface area contributed by atoms with Gasteiger partial charge in [0.15, 0.2) is 0 Å². The van der Waals surface area contributed by atoms with Crippen molar-refractivity contribution in [3.05, 3.63) is 138 Å². The Labute approximate surface area is 302 Å². The summed E-state index contributed by atoms with van der Waals surface area (Å²) in [7, 11) is 0. The van der Waals surface area contributed by atoms with Gasteiger partial charge in [-0.1, -0.05) is 118 Å². The maximum Gasteiger partial charge on any atom is 0.0604 e. The van der Waals surface area contributed by atoms with Gasteiger partial charge in [0.1, 0.15) is 0 Å². The van der Waals surface area contributed by atoms with Crippen molar-refractivity contribution in [2.45, 2.75) is 92.3 Å². The van der Waals surface area contributed by atoms with Crippen LogP contribution in [-0.2, 0) is 16.2 Å². The van der Waals surface area contributed by atoms with Crippen molar-refractivity contribution in [3.8, 4) is 11.1 Å². The van der Waals surface area contributed by atoms with E-state index in [0.29, 0.717) is 5.41 Å². The van der Waals surface area contributed by atoms with Crippen LogP contribution in [0.25, 0.3) is 11.1 Å². The molecule has 6 unspecified atom stereocenters. The van der Waals surface area contributed by atoms with Crippen LogP contribution in [0.5, 0.6) is 0 Å². The fourth-order valence-corrected chi connectivity index (χ4v) is 14.3. The average Bonchev–Trinajstić information content (AvgIpc) is 3.67. The molecule has 2 spiro atoms. The highest BCUT2D eigenvalue weighted by molar-refractivity contribution is 7.99. The summed E-state index contributed by atoms with van der Waals surface area (Å²) in [6.07, 6.45) is 8.23. The van der Waals surface area contributed by atoms with Gasteiger partial charge >= 0.3 is 0 Å². The number of hydrogen-bond donors (Lipinski definition) is 0. The molecule has 5 aromatic rings. The summed E-state index contributed by atoms with van der Waals surface area (Å²) < 4.78 is 0. The van der Waals surface area contributed by atoms with Gasteiger partial charge in [-0.05, 0) is 148 Å². The van der Waals surface area contributed by atoms with Crippen molar-refractivity contribution < 1.29 is 0 Å². The molecule has 1 nitrogen and oxygen atoms in total. The Morgan fingerprint density at radius 2 is 1.32 bits per heavy atom. The van der Waals surface area contributed by atoms with Crippen molar-refractivity contribution in [1.82, 2.24) is 0 Å². The smallest absolute Gasteiger partial charge is 0.0604 e. The summed E-state index contributed by atoms with van der Waals surface area (Å²) in [4.78, 5) is 5.57. The third kappa shape index (κ3) is 3.62. The Morgan fingerprint density at radius 1 is 0.620 bits per heavy atom. The topological polar surface area (TPSA) is 3.24 Å².